The number of amides is 1. The molecule has 1 saturated heterocycles. The molecule has 2 aliphatic rings. The highest BCUT2D eigenvalue weighted by Gasteiger charge is 2.41. The smallest absolute Gasteiger partial charge is 0.286 e. The van der Waals surface area contributed by atoms with Crippen LogP contribution in [0.2, 0.25) is 10.0 Å². The Hall–Kier alpha value is -2.25. The summed E-state index contributed by atoms with van der Waals surface area (Å²) in [5, 5.41) is 7.77. The number of ether oxygens (including phenoxy) is 1. The average molecular weight is 522 g/mol. The molecule has 1 aromatic heterocycles. The molecule has 1 amide bonds. The normalized spacial score (nSPS) is 16.6. The second-order valence-electron chi connectivity index (χ2n) is 9.18. The van der Waals surface area contributed by atoms with Gasteiger partial charge in [0.1, 0.15) is 11.4 Å². The SMILES string of the molecule is Cc1ccc2c(c1)OC(C)(C)c1c(C(=O)NN3CCCCC3)nn(-c3ccc(Cl)cc3Cl)c1-2.Cl. The Morgan fingerprint density at radius 1 is 1.09 bits per heavy atom. The van der Waals surface area contributed by atoms with Crippen LogP contribution in [0.1, 0.15) is 54.7 Å². The number of hydrazine groups is 1. The Balaban J connectivity index is 0.00000274. The maximum Gasteiger partial charge on any atom is 0.286 e. The van der Waals surface area contributed by atoms with E-state index in [9.17, 15) is 4.79 Å². The maximum atomic E-state index is 13.5. The molecular formula is C25H27Cl3N4O2. The number of carbonyl (C=O) groups is 1. The Bertz CT molecular complexity index is 1250. The van der Waals surface area contributed by atoms with Gasteiger partial charge in [0.05, 0.1) is 22.0 Å². The Kier molecular flexibility index (Phi) is 6.89. The van der Waals surface area contributed by atoms with Gasteiger partial charge in [0.15, 0.2) is 5.69 Å². The molecule has 0 bridgehead atoms. The average Bonchev–Trinajstić information content (AvgIpc) is 3.16. The van der Waals surface area contributed by atoms with Crippen LogP contribution in [0.4, 0.5) is 0 Å². The van der Waals surface area contributed by atoms with Crippen molar-refractivity contribution in [1.82, 2.24) is 20.2 Å². The van der Waals surface area contributed by atoms with Crippen molar-refractivity contribution in [2.75, 3.05) is 13.1 Å². The van der Waals surface area contributed by atoms with Gasteiger partial charge in [0, 0.05) is 23.7 Å². The fourth-order valence-electron chi connectivity index (χ4n) is 4.66. The molecule has 2 aromatic carbocycles. The van der Waals surface area contributed by atoms with Gasteiger partial charge in [-0.25, -0.2) is 9.69 Å². The number of nitrogens with one attached hydrogen (secondary N) is 1. The lowest BCUT2D eigenvalue weighted by Gasteiger charge is -2.34. The van der Waals surface area contributed by atoms with E-state index >= 15 is 0 Å². The quantitative estimate of drug-likeness (QED) is 0.437. The number of carbonyl (C=O) groups excluding carboxylic acids is 1. The van der Waals surface area contributed by atoms with Crippen LogP contribution in [0.3, 0.4) is 0 Å². The van der Waals surface area contributed by atoms with Gasteiger partial charge in [0.25, 0.3) is 5.91 Å². The number of aryl methyl sites for hydroxylation is 1. The zero-order chi connectivity index (χ0) is 23.3. The number of benzene rings is 2. The zero-order valence-corrected chi connectivity index (χ0v) is 21.7. The van der Waals surface area contributed by atoms with E-state index in [0.29, 0.717) is 21.4 Å². The van der Waals surface area contributed by atoms with Crippen LogP contribution in [0.25, 0.3) is 16.9 Å². The van der Waals surface area contributed by atoms with E-state index in [-0.39, 0.29) is 18.3 Å². The van der Waals surface area contributed by atoms with Crippen molar-refractivity contribution >= 4 is 41.5 Å². The van der Waals surface area contributed by atoms with Gasteiger partial charge in [-0.1, -0.05) is 35.7 Å². The molecule has 0 aliphatic carbocycles. The highest BCUT2D eigenvalue weighted by atomic mass is 35.5. The molecule has 0 unspecified atom stereocenters. The number of hydrogen-bond donors (Lipinski definition) is 1. The van der Waals surface area contributed by atoms with E-state index in [1.165, 1.54) is 6.42 Å². The van der Waals surface area contributed by atoms with Crippen molar-refractivity contribution in [2.45, 2.75) is 45.6 Å². The first-order valence-corrected chi connectivity index (χ1v) is 11.9. The van der Waals surface area contributed by atoms with Crippen molar-refractivity contribution < 1.29 is 9.53 Å². The monoisotopic (exact) mass is 520 g/mol. The van der Waals surface area contributed by atoms with E-state index in [1.807, 2.05) is 50.0 Å². The van der Waals surface area contributed by atoms with Crippen molar-refractivity contribution in [3.8, 4) is 22.7 Å². The summed E-state index contributed by atoms with van der Waals surface area (Å²) < 4.78 is 8.15. The van der Waals surface area contributed by atoms with Gasteiger partial charge in [-0.2, -0.15) is 5.10 Å². The molecule has 3 heterocycles. The first-order valence-electron chi connectivity index (χ1n) is 11.2. The number of halogens is 3. The molecule has 2 aliphatic heterocycles. The number of rotatable bonds is 3. The molecule has 1 fully saturated rings. The lowest BCUT2D eigenvalue weighted by Crippen LogP contribution is -2.46. The molecule has 180 valence electrons. The van der Waals surface area contributed by atoms with Crippen LogP contribution in [0.5, 0.6) is 5.75 Å². The largest absolute Gasteiger partial charge is 0.482 e. The van der Waals surface area contributed by atoms with Gasteiger partial charge in [-0.3, -0.25) is 10.2 Å². The van der Waals surface area contributed by atoms with E-state index in [2.05, 4.69) is 5.43 Å². The molecule has 9 heteroatoms. The molecule has 0 saturated carbocycles. The molecular weight excluding hydrogens is 495 g/mol. The third-order valence-corrected chi connectivity index (χ3v) is 6.75. The van der Waals surface area contributed by atoms with Crippen LogP contribution in [-0.4, -0.2) is 33.8 Å². The molecule has 3 aromatic rings. The summed E-state index contributed by atoms with van der Waals surface area (Å²) in [4.78, 5) is 13.5. The lowest BCUT2D eigenvalue weighted by molar-refractivity contribution is 0.0720. The third-order valence-electron chi connectivity index (χ3n) is 6.21. The van der Waals surface area contributed by atoms with Crippen LogP contribution < -0.4 is 10.2 Å². The van der Waals surface area contributed by atoms with Gasteiger partial charge in [0.2, 0.25) is 0 Å². The van der Waals surface area contributed by atoms with Gasteiger partial charge in [-0.05, 0) is 69.5 Å². The Labute approximate surface area is 215 Å². The van der Waals surface area contributed by atoms with Crippen molar-refractivity contribution in [1.29, 1.82) is 0 Å². The summed E-state index contributed by atoms with van der Waals surface area (Å²) >= 11 is 12.7. The summed E-state index contributed by atoms with van der Waals surface area (Å²) in [6.45, 7) is 7.62. The summed E-state index contributed by atoms with van der Waals surface area (Å²) in [6.07, 6.45) is 3.31. The van der Waals surface area contributed by atoms with E-state index in [1.54, 1.807) is 16.8 Å². The number of hydrogen-bond acceptors (Lipinski definition) is 4. The minimum absolute atomic E-state index is 0. The Morgan fingerprint density at radius 3 is 2.53 bits per heavy atom. The molecule has 0 spiro atoms. The van der Waals surface area contributed by atoms with Crippen LogP contribution >= 0.6 is 35.6 Å². The van der Waals surface area contributed by atoms with Crippen LogP contribution in [0, 0.1) is 6.92 Å². The maximum absolute atomic E-state index is 13.5. The minimum Gasteiger partial charge on any atom is -0.482 e. The third kappa shape index (κ3) is 4.40. The van der Waals surface area contributed by atoms with Crippen LogP contribution in [-0.2, 0) is 5.60 Å². The second kappa shape index (κ2) is 9.42. The summed E-state index contributed by atoms with van der Waals surface area (Å²) in [6, 6.07) is 11.3. The molecule has 0 radical (unpaired) electrons. The molecule has 0 atom stereocenters. The fraction of sp³-hybridized carbons (Fsp3) is 0.360. The predicted octanol–water partition coefficient (Wildman–Crippen LogP) is 6.33. The lowest BCUT2D eigenvalue weighted by atomic mass is 9.88. The molecule has 1 N–H and O–H groups in total. The number of fused-ring (bicyclic) bond motifs is 3. The second-order valence-corrected chi connectivity index (χ2v) is 10.0. The Morgan fingerprint density at radius 2 is 1.82 bits per heavy atom. The van der Waals surface area contributed by atoms with Crippen molar-refractivity contribution in [2.24, 2.45) is 0 Å². The molecule has 5 rings (SSSR count). The van der Waals surface area contributed by atoms with Crippen molar-refractivity contribution in [3.05, 3.63) is 63.3 Å². The van der Waals surface area contributed by atoms with Crippen molar-refractivity contribution in [3.63, 3.8) is 0 Å². The van der Waals surface area contributed by atoms with Crippen LogP contribution in [0.15, 0.2) is 36.4 Å². The summed E-state index contributed by atoms with van der Waals surface area (Å²) in [7, 11) is 0. The number of piperidine rings is 1. The van der Waals surface area contributed by atoms with E-state index in [0.717, 1.165) is 54.1 Å². The first kappa shape index (κ1) is 24.9. The summed E-state index contributed by atoms with van der Waals surface area (Å²) in [5.74, 6) is 0.506. The first-order chi connectivity index (χ1) is 15.7. The summed E-state index contributed by atoms with van der Waals surface area (Å²) in [5.41, 5.74) is 6.75. The van der Waals surface area contributed by atoms with E-state index in [4.69, 9.17) is 33.0 Å². The topological polar surface area (TPSA) is 59.4 Å². The van der Waals surface area contributed by atoms with Gasteiger partial charge in [-0.15, -0.1) is 12.4 Å². The fourth-order valence-corrected chi connectivity index (χ4v) is 5.15. The predicted molar refractivity (Wildman–Crippen MR) is 138 cm³/mol. The van der Waals surface area contributed by atoms with E-state index < -0.39 is 5.60 Å². The zero-order valence-electron chi connectivity index (χ0n) is 19.3. The number of aromatic nitrogens is 2. The van der Waals surface area contributed by atoms with Gasteiger partial charge < -0.3 is 4.74 Å². The highest BCUT2D eigenvalue weighted by Crippen LogP contribution is 2.48. The number of nitrogens with zero attached hydrogens (tertiary/aromatic N) is 3. The van der Waals surface area contributed by atoms with Gasteiger partial charge >= 0.3 is 0 Å². The highest BCUT2D eigenvalue weighted by molar-refractivity contribution is 6.35. The minimum atomic E-state index is -0.776. The molecule has 6 nitrogen and oxygen atoms in total. The standard InChI is InChI=1S/C25H26Cl2N4O2.ClH/c1-15-7-9-17-20(13-15)33-25(2,3)21-22(24(32)29-30-11-5-4-6-12-30)28-31(23(17)21)19-10-8-16(26)14-18(19)27;/h7-10,13-14H,4-6,11-12H2,1-3H3,(H,29,32);1H. The molecule has 34 heavy (non-hydrogen) atoms.